The van der Waals surface area contributed by atoms with Crippen molar-refractivity contribution in [1.82, 2.24) is 0 Å². The Morgan fingerprint density at radius 2 is 1.28 bits per heavy atom. The van der Waals surface area contributed by atoms with E-state index in [0.717, 1.165) is 6.08 Å². The number of carbonyl (C=O) groups excluding carboxylic acids is 2. The van der Waals surface area contributed by atoms with E-state index < -0.39 is 30.3 Å². The number of carbonyl (C=O) groups is 2. The third kappa shape index (κ3) is 13.2. The van der Waals surface area contributed by atoms with Crippen LogP contribution in [0.5, 0.6) is 0 Å². The first kappa shape index (κ1) is 23.2. The Morgan fingerprint density at radius 3 is 1.68 bits per heavy atom. The summed E-state index contributed by atoms with van der Waals surface area (Å²) in [5.74, 6) is -1.26. The fourth-order valence-corrected chi connectivity index (χ4v) is 1.36. The number of aliphatic hydroxyl groups is 3. The van der Waals surface area contributed by atoms with E-state index in [2.05, 4.69) is 17.9 Å². The Labute approximate surface area is 146 Å². The van der Waals surface area contributed by atoms with Crippen LogP contribution in [0.2, 0.25) is 0 Å². The van der Waals surface area contributed by atoms with Gasteiger partial charge in [-0.05, 0) is 6.92 Å². The fraction of sp³-hybridized carbons (Fsp3) is 0.625. The van der Waals surface area contributed by atoms with Gasteiger partial charge >= 0.3 is 11.9 Å². The highest BCUT2D eigenvalue weighted by Crippen LogP contribution is 1.97. The van der Waals surface area contributed by atoms with Crippen molar-refractivity contribution in [3.63, 3.8) is 0 Å². The molecule has 0 fully saturated rings. The van der Waals surface area contributed by atoms with Crippen LogP contribution in [0.4, 0.5) is 0 Å². The third-order valence-electron chi connectivity index (χ3n) is 2.58. The van der Waals surface area contributed by atoms with Gasteiger partial charge in [-0.15, -0.1) is 0 Å². The first-order valence-electron chi connectivity index (χ1n) is 7.57. The van der Waals surface area contributed by atoms with Crippen LogP contribution in [-0.2, 0) is 28.5 Å². The molecule has 9 heteroatoms. The Balaban J connectivity index is 3.68. The molecular formula is C16H26O9. The highest BCUT2D eigenvalue weighted by Gasteiger charge is 2.12. The largest absolute Gasteiger partial charge is 0.460 e. The molecule has 3 N–H and O–H groups in total. The molecule has 25 heavy (non-hydrogen) atoms. The summed E-state index contributed by atoms with van der Waals surface area (Å²) >= 11 is 0. The second kappa shape index (κ2) is 13.5. The van der Waals surface area contributed by atoms with Gasteiger partial charge in [-0.2, -0.15) is 0 Å². The van der Waals surface area contributed by atoms with Crippen LogP contribution in [-0.4, -0.2) is 85.2 Å². The minimum atomic E-state index is -1.03. The Hall–Kier alpha value is -1.78. The zero-order valence-electron chi connectivity index (χ0n) is 14.3. The van der Waals surface area contributed by atoms with Gasteiger partial charge in [0.05, 0.1) is 26.4 Å². The van der Waals surface area contributed by atoms with Crippen LogP contribution in [0.25, 0.3) is 0 Å². The minimum absolute atomic E-state index is 0.118. The lowest BCUT2D eigenvalue weighted by Crippen LogP contribution is -2.30. The number of hydrogen-bond acceptors (Lipinski definition) is 9. The third-order valence-corrected chi connectivity index (χ3v) is 2.58. The van der Waals surface area contributed by atoms with E-state index in [1.54, 1.807) is 0 Å². The molecule has 0 heterocycles. The van der Waals surface area contributed by atoms with E-state index >= 15 is 0 Å². The van der Waals surface area contributed by atoms with Crippen molar-refractivity contribution in [2.24, 2.45) is 0 Å². The summed E-state index contributed by atoms with van der Waals surface area (Å²) in [5, 5.41) is 28.6. The van der Waals surface area contributed by atoms with Gasteiger partial charge < -0.3 is 34.3 Å². The summed E-state index contributed by atoms with van der Waals surface area (Å²) in [6.07, 6.45) is -2.06. The highest BCUT2D eigenvalue weighted by molar-refractivity contribution is 5.86. The van der Waals surface area contributed by atoms with E-state index in [1.807, 2.05) is 0 Å². The van der Waals surface area contributed by atoms with Crippen molar-refractivity contribution >= 4 is 11.9 Å². The van der Waals surface area contributed by atoms with Crippen molar-refractivity contribution in [2.45, 2.75) is 25.2 Å². The van der Waals surface area contributed by atoms with E-state index in [1.165, 1.54) is 6.92 Å². The van der Waals surface area contributed by atoms with Gasteiger partial charge in [0.25, 0.3) is 0 Å². The molecule has 0 rings (SSSR count). The van der Waals surface area contributed by atoms with Crippen LogP contribution < -0.4 is 0 Å². The number of esters is 2. The molecule has 0 aromatic carbocycles. The molecule has 0 saturated carbocycles. The summed E-state index contributed by atoms with van der Waals surface area (Å²) in [4.78, 5) is 21.9. The van der Waals surface area contributed by atoms with Crippen LogP contribution in [0.1, 0.15) is 6.92 Å². The molecule has 144 valence electrons. The van der Waals surface area contributed by atoms with Gasteiger partial charge in [0, 0.05) is 11.6 Å². The van der Waals surface area contributed by atoms with Gasteiger partial charge in [0.1, 0.15) is 31.5 Å². The Kier molecular flexibility index (Phi) is 12.5. The Morgan fingerprint density at radius 1 is 0.880 bits per heavy atom. The predicted molar refractivity (Wildman–Crippen MR) is 86.6 cm³/mol. The molecule has 0 amide bonds. The van der Waals surface area contributed by atoms with E-state index in [9.17, 15) is 24.9 Å². The van der Waals surface area contributed by atoms with Crippen molar-refractivity contribution in [3.05, 3.63) is 24.8 Å². The quantitative estimate of drug-likeness (QED) is 0.262. The summed E-state index contributed by atoms with van der Waals surface area (Å²) in [6, 6.07) is 0. The van der Waals surface area contributed by atoms with Gasteiger partial charge in [-0.1, -0.05) is 13.2 Å². The fourth-order valence-electron chi connectivity index (χ4n) is 1.36. The monoisotopic (exact) mass is 362 g/mol. The zero-order valence-corrected chi connectivity index (χ0v) is 14.3. The summed E-state index contributed by atoms with van der Waals surface area (Å²) in [6.45, 7) is 7.10. The number of hydrogen-bond donors (Lipinski definition) is 3. The van der Waals surface area contributed by atoms with Crippen molar-refractivity contribution < 1.29 is 43.9 Å². The van der Waals surface area contributed by atoms with Gasteiger partial charge in [-0.3, -0.25) is 0 Å². The predicted octanol–water partition coefficient (Wildman–Crippen LogP) is -1.05. The van der Waals surface area contributed by atoms with Crippen molar-refractivity contribution in [1.29, 1.82) is 0 Å². The lowest BCUT2D eigenvalue weighted by Gasteiger charge is -2.16. The second-order valence-corrected chi connectivity index (χ2v) is 5.25. The van der Waals surface area contributed by atoms with Crippen LogP contribution in [0.15, 0.2) is 24.8 Å². The topological polar surface area (TPSA) is 132 Å². The lowest BCUT2D eigenvalue weighted by molar-refractivity contribution is -0.143. The summed E-state index contributed by atoms with van der Waals surface area (Å²) in [7, 11) is 0. The maximum Gasteiger partial charge on any atom is 0.333 e. The van der Waals surface area contributed by atoms with Crippen LogP contribution in [0.3, 0.4) is 0 Å². The smallest absolute Gasteiger partial charge is 0.333 e. The number of rotatable bonds is 14. The van der Waals surface area contributed by atoms with Crippen LogP contribution in [0, 0.1) is 0 Å². The molecule has 3 atom stereocenters. The molecule has 9 nitrogen and oxygen atoms in total. The zero-order chi connectivity index (χ0) is 19.2. The SMILES string of the molecule is C=CC(=O)OCC(O)COCC(O)COCC(O)COC(=O)C(=C)C. The van der Waals surface area contributed by atoms with Crippen molar-refractivity contribution in [2.75, 3.05) is 39.6 Å². The molecule has 0 radical (unpaired) electrons. The molecule has 0 aromatic heterocycles. The standard InChI is InChI=1S/C16H26O9/c1-4-15(20)24-9-13(18)7-22-5-12(17)6-23-8-14(19)10-25-16(21)11(2)3/h4,12-14,17-19H,1-2,5-10H2,3H3. The molecular weight excluding hydrogens is 336 g/mol. The lowest BCUT2D eigenvalue weighted by atomic mass is 10.3. The molecule has 0 bridgehead atoms. The number of ether oxygens (including phenoxy) is 4. The average Bonchev–Trinajstić information content (AvgIpc) is 2.57. The molecule has 0 aromatic rings. The summed E-state index contributed by atoms with van der Waals surface area (Å²) in [5.41, 5.74) is 0.224. The first-order valence-corrected chi connectivity index (χ1v) is 7.57. The van der Waals surface area contributed by atoms with Gasteiger partial charge in [-0.25, -0.2) is 9.59 Å². The van der Waals surface area contributed by atoms with E-state index in [4.69, 9.17) is 14.2 Å². The molecule has 0 aliphatic heterocycles. The molecule has 0 aliphatic carbocycles. The second-order valence-electron chi connectivity index (χ2n) is 5.25. The van der Waals surface area contributed by atoms with E-state index in [0.29, 0.717) is 0 Å². The molecule has 0 saturated heterocycles. The molecule has 3 unspecified atom stereocenters. The minimum Gasteiger partial charge on any atom is -0.460 e. The van der Waals surface area contributed by atoms with Crippen molar-refractivity contribution in [3.8, 4) is 0 Å². The van der Waals surface area contributed by atoms with Gasteiger partial charge in [0.15, 0.2) is 0 Å². The Bertz CT molecular complexity index is 435. The highest BCUT2D eigenvalue weighted by atomic mass is 16.6. The summed E-state index contributed by atoms with van der Waals surface area (Å²) < 4.78 is 19.5. The molecule has 0 aliphatic rings. The maximum absolute atomic E-state index is 11.1. The normalized spacial score (nSPS) is 14.2. The average molecular weight is 362 g/mol. The van der Waals surface area contributed by atoms with Gasteiger partial charge in [0.2, 0.25) is 0 Å². The first-order chi connectivity index (χ1) is 11.8. The van der Waals surface area contributed by atoms with E-state index in [-0.39, 0.29) is 45.2 Å². The number of aliphatic hydroxyl groups excluding tert-OH is 3. The van der Waals surface area contributed by atoms with Crippen LogP contribution >= 0.6 is 0 Å². The maximum atomic E-state index is 11.1. The molecule has 0 spiro atoms.